The molecular formula is C11H16N4O3. The smallest absolute Gasteiger partial charge is 0.287 e. The lowest BCUT2D eigenvalue weighted by molar-refractivity contribution is -0.385. The third-order valence-corrected chi connectivity index (χ3v) is 2.29. The van der Waals surface area contributed by atoms with Crippen LogP contribution >= 0.6 is 0 Å². The molecule has 0 bridgehead atoms. The monoisotopic (exact) mass is 252 g/mol. The number of likely N-dealkylation sites (N-methyl/N-ethyl adjacent to an activating group) is 1. The zero-order valence-corrected chi connectivity index (χ0v) is 10.4. The second-order valence-electron chi connectivity index (χ2n) is 3.84. The Labute approximate surface area is 105 Å². The number of hydrogen-bond acceptors (Lipinski definition) is 5. The fraction of sp³-hybridized carbons (Fsp3) is 0.455. The van der Waals surface area contributed by atoms with Crippen molar-refractivity contribution in [2.24, 2.45) is 0 Å². The van der Waals surface area contributed by atoms with Crippen molar-refractivity contribution in [3.05, 3.63) is 28.4 Å². The molecule has 1 rings (SSSR count). The fourth-order valence-electron chi connectivity index (χ4n) is 1.33. The Kier molecular flexibility index (Phi) is 5.04. The summed E-state index contributed by atoms with van der Waals surface area (Å²) in [6.45, 7) is 2.78. The number of nitrogens with zero attached hydrogens (tertiary/aromatic N) is 3. The number of amides is 1. The first-order valence-electron chi connectivity index (χ1n) is 5.63. The minimum absolute atomic E-state index is 0.0671. The number of rotatable bonds is 6. The van der Waals surface area contributed by atoms with Crippen molar-refractivity contribution in [1.82, 2.24) is 10.3 Å². The van der Waals surface area contributed by atoms with Crippen molar-refractivity contribution < 1.29 is 9.72 Å². The highest BCUT2D eigenvalue weighted by atomic mass is 16.6. The lowest BCUT2D eigenvalue weighted by Crippen LogP contribution is -2.35. The third-order valence-electron chi connectivity index (χ3n) is 2.29. The van der Waals surface area contributed by atoms with Crippen LogP contribution in [0.1, 0.15) is 13.3 Å². The van der Waals surface area contributed by atoms with Crippen LogP contribution in [0.4, 0.5) is 11.5 Å². The Morgan fingerprint density at radius 1 is 1.56 bits per heavy atom. The minimum atomic E-state index is -0.509. The number of aromatic nitrogens is 1. The maximum Gasteiger partial charge on any atom is 0.287 e. The molecule has 0 aliphatic rings. The normalized spacial score (nSPS) is 9.89. The van der Waals surface area contributed by atoms with Crippen LogP contribution in [0.15, 0.2) is 18.3 Å². The molecule has 0 fully saturated rings. The molecule has 0 atom stereocenters. The molecule has 1 N–H and O–H groups in total. The van der Waals surface area contributed by atoms with E-state index in [1.807, 2.05) is 6.92 Å². The van der Waals surface area contributed by atoms with E-state index in [0.29, 0.717) is 12.4 Å². The van der Waals surface area contributed by atoms with Crippen molar-refractivity contribution in [2.75, 3.05) is 25.0 Å². The highest BCUT2D eigenvalue weighted by Gasteiger charge is 2.10. The van der Waals surface area contributed by atoms with Crippen LogP contribution < -0.4 is 10.2 Å². The molecular weight excluding hydrogens is 236 g/mol. The van der Waals surface area contributed by atoms with E-state index in [9.17, 15) is 14.9 Å². The van der Waals surface area contributed by atoms with Gasteiger partial charge in [-0.05, 0) is 12.5 Å². The molecule has 0 spiro atoms. The quantitative estimate of drug-likeness (QED) is 0.601. The Bertz CT molecular complexity index is 419. The summed E-state index contributed by atoms with van der Waals surface area (Å²) in [7, 11) is 1.71. The van der Waals surface area contributed by atoms with Crippen LogP contribution in [0.3, 0.4) is 0 Å². The molecule has 0 aliphatic heterocycles. The number of carbonyl (C=O) groups excluding carboxylic acids is 1. The third kappa shape index (κ3) is 4.00. The first-order chi connectivity index (χ1) is 8.54. The molecule has 1 aromatic rings. The van der Waals surface area contributed by atoms with Gasteiger partial charge in [0.25, 0.3) is 5.69 Å². The van der Waals surface area contributed by atoms with Gasteiger partial charge in [-0.3, -0.25) is 14.9 Å². The van der Waals surface area contributed by atoms with Crippen molar-refractivity contribution in [1.29, 1.82) is 0 Å². The van der Waals surface area contributed by atoms with Crippen molar-refractivity contribution in [3.8, 4) is 0 Å². The molecule has 0 unspecified atom stereocenters. The number of carbonyl (C=O) groups is 1. The summed E-state index contributed by atoms with van der Waals surface area (Å²) in [6, 6.07) is 2.88. The Hall–Kier alpha value is -2.18. The van der Waals surface area contributed by atoms with Crippen LogP contribution in [0.5, 0.6) is 0 Å². The van der Waals surface area contributed by atoms with Crippen LogP contribution in [-0.2, 0) is 4.79 Å². The largest absolute Gasteiger partial charge is 0.355 e. The molecule has 0 saturated heterocycles. The Balaban J connectivity index is 2.58. The van der Waals surface area contributed by atoms with Gasteiger partial charge in [0.2, 0.25) is 5.91 Å². The highest BCUT2D eigenvalue weighted by Crippen LogP contribution is 2.14. The number of anilines is 1. The van der Waals surface area contributed by atoms with Gasteiger partial charge in [0.05, 0.1) is 11.5 Å². The van der Waals surface area contributed by atoms with Gasteiger partial charge in [-0.1, -0.05) is 6.92 Å². The summed E-state index contributed by atoms with van der Waals surface area (Å²) in [5.41, 5.74) is -0.0671. The maximum atomic E-state index is 11.5. The second kappa shape index (κ2) is 6.53. The van der Waals surface area contributed by atoms with Crippen molar-refractivity contribution >= 4 is 17.4 Å². The average Bonchev–Trinajstić information content (AvgIpc) is 2.36. The molecule has 1 amide bonds. The minimum Gasteiger partial charge on any atom is -0.355 e. The number of nitrogens with one attached hydrogen (secondary N) is 1. The summed E-state index contributed by atoms with van der Waals surface area (Å²) in [5.74, 6) is 0.423. The highest BCUT2D eigenvalue weighted by molar-refractivity contribution is 5.80. The van der Waals surface area contributed by atoms with Crippen LogP contribution in [0, 0.1) is 10.1 Å². The number of pyridine rings is 1. The van der Waals surface area contributed by atoms with Gasteiger partial charge in [-0.2, -0.15) is 0 Å². The fourth-order valence-corrected chi connectivity index (χ4v) is 1.33. The molecule has 0 aromatic carbocycles. The van der Waals surface area contributed by atoms with Crippen LogP contribution in [-0.4, -0.2) is 36.0 Å². The van der Waals surface area contributed by atoms with Gasteiger partial charge in [0.1, 0.15) is 12.0 Å². The van der Waals surface area contributed by atoms with Gasteiger partial charge in [0.15, 0.2) is 0 Å². The topological polar surface area (TPSA) is 88.4 Å². The zero-order valence-electron chi connectivity index (χ0n) is 10.4. The summed E-state index contributed by atoms with van der Waals surface area (Å²) in [6.07, 6.45) is 2.06. The Morgan fingerprint density at radius 2 is 2.28 bits per heavy atom. The van der Waals surface area contributed by atoms with Crippen molar-refractivity contribution in [2.45, 2.75) is 13.3 Å². The molecule has 0 aliphatic carbocycles. The van der Waals surface area contributed by atoms with E-state index < -0.39 is 4.92 Å². The SMILES string of the molecule is CCCNC(=O)CN(C)c1ccc([N+](=O)[O-])cn1. The molecule has 0 saturated carbocycles. The lowest BCUT2D eigenvalue weighted by atomic mass is 10.4. The zero-order chi connectivity index (χ0) is 13.5. The second-order valence-corrected chi connectivity index (χ2v) is 3.84. The summed E-state index contributed by atoms with van der Waals surface area (Å²) < 4.78 is 0. The van der Waals surface area contributed by atoms with Gasteiger partial charge in [-0.25, -0.2) is 4.98 Å². The predicted octanol–water partition coefficient (Wildman–Crippen LogP) is 0.952. The summed E-state index contributed by atoms with van der Waals surface area (Å²) in [4.78, 5) is 27.0. The van der Waals surface area contributed by atoms with Crippen LogP contribution in [0.25, 0.3) is 0 Å². The van der Waals surface area contributed by atoms with E-state index >= 15 is 0 Å². The van der Waals surface area contributed by atoms with E-state index in [-0.39, 0.29) is 18.1 Å². The van der Waals surface area contributed by atoms with E-state index in [4.69, 9.17) is 0 Å². The Morgan fingerprint density at radius 3 is 2.78 bits per heavy atom. The first kappa shape index (κ1) is 13.9. The van der Waals surface area contributed by atoms with E-state index in [2.05, 4.69) is 10.3 Å². The van der Waals surface area contributed by atoms with E-state index in [1.165, 1.54) is 18.3 Å². The standard InChI is InChI=1S/C11H16N4O3/c1-3-6-12-11(16)8-14(2)10-5-4-9(7-13-10)15(17)18/h4-5,7H,3,6,8H2,1-2H3,(H,12,16). The van der Waals surface area contributed by atoms with Gasteiger partial charge in [-0.15, -0.1) is 0 Å². The van der Waals surface area contributed by atoms with Gasteiger partial charge < -0.3 is 10.2 Å². The molecule has 1 heterocycles. The molecule has 0 radical (unpaired) electrons. The van der Waals surface area contributed by atoms with Crippen molar-refractivity contribution in [3.63, 3.8) is 0 Å². The average molecular weight is 252 g/mol. The van der Waals surface area contributed by atoms with Gasteiger partial charge >= 0.3 is 0 Å². The molecule has 7 heteroatoms. The number of nitro groups is 1. The summed E-state index contributed by atoms with van der Waals surface area (Å²) >= 11 is 0. The first-order valence-corrected chi connectivity index (χ1v) is 5.63. The number of hydrogen-bond donors (Lipinski definition) is 1. The maximum absolute atomic E-state index is 11.5. The summed E-state index contributed by atoms with van der Waals surface area (Å²) in [5, 5.41) is 13.2. The molecule has 7 nitrogen and oxygen atoms in total. The van der Waals surface area contributed by atoms with Crippen LogP contribution in [0.2, 0.25) is 0 Å². The lowest BCUT2D eigenvalue weighted by Gasteiger charge is -2.17. The molecule has 1 aromatic heterocycles. The van der Waals surface area contributed by atoms with E-state index in [1.54, 1.807) is 11.9 Å². The van der Waals surface area contributed by atoms with Gasteiger partial charge in [0, 0.05) is 19.7 Å². The molecule has 98 valence electrons. The predicted molar refractivity (Wildman–Crippen MR) is 67.5 cm³/mol. The van der Waals surface area contributed by atoms with E-state index in [0.717, 1.165) is 6.42 Å². The molecule has 18 heavy (non-hydrogen) atoms.